The van der Waals surface area contributed by atoms with Crippen molar-refractivity contribution in [1.82, 2.24) is 0 Å². The lowest BCUT2D eigenvalue weighted by molar-refractivity contribution is -0.765. The lowest BCUT2D eigenvalue weighted by atomic mass is 10.1. The third kappa shape index (κ3) is 2.21. The fourth-order valence-corrected chi connectivity index (χ4v) is 1.90. The van der Waals surface area contributed by atoms with E-state index in [2.05, 4.69) is 0 Å². The highest BCUT2D eigenvalue weighted by Gasteiger charge is 2.47. The second kappa shape index (κ2) is 4.99. The monoisotopic (exact) mass is 256 g/mol. The van der Waals surface area contributed by atoms with Crippen LogP contribution in [0, 0.1) is 0 Å². The molecule has 0 saturated carbocycles. The number of aliphatic hydroxyl groups is 3. The normalized spacial score (nSPS) is 31.5. The number of carboxylic acid groups (broad SMARTS) is 1. The molecule has 1 aliphatic rings. The summed E-state index contributed by atoms with van der Waals surface area (Å²) < 4.78 is 6.63. The van der Waals surface area contributed by atoms with E-state index in [9.17, 15) is 15.0 Å². The van der Waals surface area contributed by atoms with Crippen LogP contribution in [-0.2, 0) is 4.74 Å². The van der Waals surface area contributed by atoms with Crippen molar-refractivity contribution in [2.45, 2.75) is 24.5 Å². The van der Waals surface area contributed by atoms with E-state index in [1.165, 1.54) is 29.1 Å². The summed E-state index contributed by atoms with van der Waals surface area (Å²) in [6.45, 7) is -0.423. The topological polar surface area (TPSA) is 111 Å². The Morgan fingerprint density at radius 3 is 2.67 bits per heavy atom. The van der Waals surface area contributed by atoms with Gasteiger partial charge in [0.2, 0.25) is 0 Å². The maximum absolute atomic E-state index is 10.8. The van der Waals surface area contributed by atoms with E-state index in [-0.39, 0.29) is 5.56 Å². The van der Waals surface area contributed by atoms with Gasteiger partial charge in [0.15, 0.2) is 18.5 Å². The standard InChI is InChI=1S/C11H13NO6/c13-5-7-8(14)9(15)10(18-7)12-3-1-2-6(4-12)11(16)17/h1-4,7-10,13-15H,5H2/p+1/t7-,8+,9-,10-/m1/s1. The van der Waals surface area contributed by atoms with Gasteiger partial charge in [-0.2, -0.15) is 4.57 Å². The number of aromatic nitrogens is 1. The molecule has 0 bridgehead atoms. The van der Waals surface area contributed by atoms with E-state index in [0.29, 0.717) is 0 Å². The van der Waals surface area contributed by atoms with Crippen molar-refractivity contribution in [2.75, 3.05) is 6.61 Å². The van der Waals surface area contributed by atoms with Crippen LogP contribution in [0.3, 0.4) is 0 Å². The average Bonchev–Trinajstić information content (AvgIpc) is 2.66. The summed E-state index contributed by atoms with van der Waals surface area (Å²) in [6, 6.07) is 2.90. The number of ether oxygens (including phenoxy) is 1. The van der Waals surface area contributed by atoms with Gasteiger partial charge in [-0.25, -0.2) is 4.79 Å². The Hall–Kier alpha value is -1.54. The third-order valence-corrected chi connectivity index (χ3v) is 2.88. The first-order valence-electron chi connectivity index (χ1n) is 5.41. The molecule has 4 N–H and O–H groups in total. The zero-order valence-corrected chi connectivity index (χ0v) is 9.38. The van der Waals surface area contributed by atoms with Crippen LogP contribution in [0.4, 0.5) is 0 Å². The van der Waals surface area contributed by atoms with Crippen LogP contribution in [0.2, 0.25) is 0 Å². The predicted octanol–water partition coefficient (Wildman–Crippen LogP) is -1.72. The van der Waals surface area contributed by atoms with Gasteiger partial charge in [0.1, 0.15) is 17.8 Å². The number of pyridine rings is 1. The van der Waals surface area contributed by atoms with Gasteiger partial charge in [-0.1, -0.05) is 0 Å². The third-order valence-electron chi connectivity index (χ3n) is 2.88. The molecule has 0 aromatic carbocycles. The molecule has 0 radical (unpaired) electrons. The number of hydrogen-bond donors (Lipinski definition) is 4. The van der Waals surface area contributed by atoms with E-state index >= 15 is 0 Å². The molecule has 7 heteroatoms. The van der Waals surface area contributed by atoms with Crippen LogP contribution in [0.25, 0.3) is 0 Å². The number of aromatic carboxylic acids is 1. The van der Waals surface area contributed by atoms with Gasteiger partial charge in [-0.15, -0.1) is 0 Å². The summed E-state index contributed by atoms with van der Waals surface area (Å²) in [6.07, 6.45) is -1.42. The molecule has 0 spiro atoms. The van der Waals surface area contributed by atoms with Crippen molar-refractivity contribution < 1.29 is 34.5 Å². The van der Waals surface area contributed by atoms with Gasteiger partial charge in [0.05, 0.1) is 6.61 Å². The Kier molecular flexibility index (Phi) is 3.58. The molecule has 1 aromatic heterocycles. The van der Waals surface area contributed by atoms with Crippen LogP contribution < -0.4 is 4.57 Å². The Morgan fingerprint density at radius 1 is 1.39 bits per heavy atom. The fourth-order valence-electron chi connectivity index (χ4n) is 1.90. The molecular weight excluding hydrogens is 242 g/mol. The minimum Gasteiger partial charge on any atom is -0.477 e. The van der Waals surface area contributed by atoms with Crippen LogP contribution in [0.5, 0.6) is 0 Å². The molecule has 1 aromatic rings. The van der Waals surface area contributed by atoms with Crippen molar-refractivity contribution in [3.8, 4) is 0 Å². The van der Waals surface area contributed by atoms with Gasteiger partial charge in [-0.3, -0.25) is 0 Å². The van der Waals surface area contributed by atoms with Crippen LogP contribution in [0.15, 0.2) is 24.5 Å². The smallest absolute Gasteiger partial charge is 0.341 e. The number of carboxylic acids is 1. The van der Waals surface area contributed by atoms with Crippen molar-refractivity contribution in [3.63, 3.8) is 0 Å². The first-order valence-corrected chi connectivity index (χ1v) is 5.41. The lowest BCUT2D eigenvalue weighted by Crippen LogP contribution is -2.46. The molecular formula is C11H14NO6+. The number of hydrogen-bond acceptors (Lipinski definition) is 5. The molecule has 0 aliphatic carbocycles. The fraction of sp³-hybridized carbons (Fsp3) is 0.455. The maximum Gasteiger partial charge on any atom is 0.341 e. The molecule has 1 saturated heterocycles. The van der Waals surface area contributed by atoms with E-state index in [0.717, 1.165) is 0 Å². The minimum atomic E-state index is -1.23. The van der Waals surface area contributed by atoms with E-state index in [1.54, 1.807) is 0 Å². The largest absolute Gasteiger partial charge is 0.477 e. The van der Waals surface area contributed by atoms with E-state index < -0.39 is 37.1 Å². The SMILES string of the molecule is O=C(O)c1ccc[n+]([C@@H]2O[C@H](CO)[C@H](O)[C@H]2O)c1. The van der Waals surface area contributed by atoms with Crippen molar-refractivity contribution >= 4 is 5.97 Å². The second-order valence-corrected chi connectivity index (χ2v) is 4.07. The maximum atomic E-state index is 10.8. The predicted molar refractivity (Wildman–Crippen MR) is 56.6 cm³/mol. The number of aliphatic hydroxyl groups excluding tert-OH is 3. The first kappa shape index (κ1) is 12.9. The summed E-state index contributed by atoms with van der Waals surface area (Å²) in [5, 5.41) is 37.2. The molecule has 0 unspecified atom stereocenters. The Labute approximate surface area is 102 Å². The summed E-state index contributed by atoms with van der Waals surface area (Å²) in [5.74, 6) is -1.10. The zero-order valence-electron chi connectivity index (χ0n) is 9.38. The molecule has 18 heavy (non-hydrogen) atoms. The Balaban J connectivity index is 2.27. The number of carbonyl (C=O) groups is 1. The van der Waals surface area contributed by atoms with Gasteiger partial charge in [-0.05, 0) is 6.07 Å². The van der Waals surface area contributed by atoms with E-state index in [1.807, 2.05) is 0 Å². The number of nitrogens with zero attached hydrogens (tertiary/aromatic N) is 1. The van der Waals surface area contributed by atoms with Gasteiger partial charge in [0, 0.05) is 6.07 Å². The van der Waals surface area contributed by atoms with Crippen molar-refractivity contribution in [1.29, 1.82) is 0 Å². The van der Waals surface area contributed by atoms with Crippen LogP contribution >= 0.6 is 0 Å². The van der Waals surface area contributed by atoms with Crippen LogP contribution in [0.1, 0.15) is 16.6 Å². The molecule has 1 fully saturated rings. The highest BCUT2D eigenvalue weighted by atomic mass is 16.6. The van der Waals surface area contributed by atoms with Gasteiger partial charge >= 0.3 is 5.97 Å². The number of rotatable bonds is 3. The van der Waals surface area contributed by atoms with Crippen molar-refractivity contribution in [2.24, 2.45) is 0 Å². The minimum absolute atomic E-state index is 0.0373. The molecule has 1 aliphatic heterocycles. The van der Waals surface area contributed by atoms with E-state index in [4.69, 9.17) is 14.9 Å². The summed E-state index contributed by atoms with van der Waals surface area (Å²) in [4.78, 5) is 10.8. The van der Waals surface area contributed by atoms with Crippen molar-refractivity contribution in [3.05, 3.63) is 30.1 Å². The molecule has 7 nitrogen and oxygen atoms in total. The molecule has 2 heterocycles. The molecule has 0 amide bonds. The highest BCUT2D eigenvalue weighted by molar-refractivity contribution is 5.86. The molecule has 98 valence electrons. The highest BCUT2D eigenvalue weighted by Crippen LogP contribution is 2.24. The molecule has 2 rings (SSSR count). The van der Waals surface area contributed by atoms with Crippen LogP contribution in [-0.4, -0.2) is 51.3 Å². The summed E-state index contributed by atoms with van der Waals surface area (Å²) >= 11 is 0. The average molecular weight is 256 g/mol. The quantitative estimate of drug-likeness (QED) is 0.479. The molecule has 4 atom stereocenters. The Bertz CT molecular complexity index is 451. The lowest BCUT2D eigenvalue weighted by Gasteiger charge is -2.09. The van der Waals surface area contributed by atoms with Gasteiger partial charge in [0.25, 0.3) is 6.23 Å². The first-order chi connectivity index (χ1) is 8.54. The Morgan fingerprint density at radius 2 is 2.11 bits per heavy atom. The summed E-state index contributed by atoms with van der Waals surface area (Å²) in [7, 11) is 0. The summed E-state index contributed by atoms with van der Waals surface area (Å²) in [5.41, 5.74) is 0.0373. The zero-order chi connectivity index (χ0) is 13.3. The second-order valence-electron chi connectivity index (χ2n) is 4.07. The van der Waals surface area contributed by atoms with Gasteiger partial charge < -0.3 is 25.2 Å².